The van der Waals surface area contributed by atoms with Gasteiger partial charge in [0.25, 0.3) is 0 Å². The summed E-state index contributed by atoms with van der Waals surface area (Å²) in [5, 5.41) is 20.9. The zero-order valence-electron chi connectivity index (χ0n) is 22.4. The Kier molecular flexibility index (Phi) is 8.79. The highest BCUT2D eigenvalue weighted by Crippen LogP contribution is 2.39. The van der Waals surface area contributed by atoms with E-state index < -0.39 is 30.2 Å². The van der Waals surface area contributed by atoms with Crippen LogP contribution in [0.2, 0.25) is 0 Å². The molecule has 0 bridgehead atoms. The van der Waals surface area contributed by atoms with Crippen molar-refractivity contribution in [1.29, 1.82) is 0 Å². The van der Waals surface area contributed by atoms with Crippen LogP contribution < -0.4 is 18.9 Å². The maximum absolute atomic E-state index is 11.0. The lowest BCUT2D eigenvalue weighted by Gasteiger charge is -2.41. The Morgan fingerprint density at radius 2 is 1.61 bits per heavy atom. The molecule has 8 heteroatoms. The third-order valence-electron chi connectivity index (χ3n) is 6.44. The van der Waals surface area contributed by atoms with Crippen LogP contribution in [0.5, 0.6) is 23.0 Å². The van der Waals surface area contributed by atoms with Crippen LogP contribution in [0.4, 0.5) is 0 Å². The molecular formula is C30H36O8. The fourth-order valence-electron chi connectivity index (χ4n) is 4.29. The van der Waals surface area contributed by atoms with Gasteiger partial charge in [-0.2, -0.15) is 0 Å². The van der Waals surface area contributed by atoms with E-state index in [-0.39, 0.29) is 6.61 Å². The Labute approximate surface area is 223 Å². The van der Waals surface area contributed by atoms with Crippen molar-refractivity contribution >= 4 is 0 Å². The summed E-state index contributed by atoms with van der Waals surface area (Å²) in [6.07, 6.45) is -2.83. The van der Waals surface area contributed by atoms with Crippen LogP contribution in [0.25, 0.3) is 0 Å². The average molecular weight is 525 g/mol. The minimum Gasteiger partial charge on any atom is -0.497 e. The molecule has 0 amide bonds. The van der Waals surface area contributed by atoms with Gasteiger partial charge in [0.1, 0.15) is 23.7 Å². The Hall–Kier alpha value is -3.30. The number of methoxy groups -OCH3 is 2. The molecule has 38 heavy (non-hydrogen) atoms. The molecule has 4 rings (SSSR count). The molecule has 4 atom stereocenters. The Morgan fingerprint density at radius 3 is 2.24 bits per heavy atom. The zero-order valence-corrected chi connectivity index (χ0v) is 22.4. The van der Waals surface area contributed by atoms with Crippen molar-refractivity contribution in [1.82, 2.24) is 0 Å². The molecule has 0 unspecified atom stereocenters. The molecule has 0 saturated carbocycles. The maximum Gasteiger partial charge on any atom is 0.163 e. The molecule has 8 nitrogen and oxygen atoms in total. The quantitative estimate of drug-likeness (QED) is 0.392. The van der Waals surface area contributed by atoms with Crippen molar-refractivity contribution in [3.05, 3.63) is 83.4 Å². The molecule has 1 fully saturated rings. The summed E-state index contributed by atoms with van der Waals surface area (Å²) in [5.74, 6) is 1.43. The van der Waals surface area contributed by atoms with Gasteiger partial charge in [0.05, 0.1) is 27.4 Å². The highest BCUT2D eigenvalue weighted by molar-refractivity contribution is 5.44. The summed E-state index contributed by atoms with van der Waals surface area (Å²) >= 11 is 0. The molecule has 2 N–H and O–H groups in total. The van der Waals surface area contributed by atoms with Crippen molar-refractivity contribution < 1.29 is 38.6 Å². The third-order valence-corrected chi connectivity index (χ3v) is 6.44. The summed E-state index contributed by atoms with van der Waals surface area (Å²) in [4.78, 5) is 0. The first-order valence-electron chi connectivity index (χ1n) is 12.6. The highest BCUT2D eigenvalue weighted by Gasteiger charge is 2.39. The van der Waals surface area contributed by atoms with Gasteiger partial charge in [-0.15, -0.1) is 0 Å². The van der Waals surface area contributed by atoms with Crippen LogP contribution in [0, 0.1) is 6.92 Å². The van der Waals surface area contributed by atoms with E-state index in [1.807, 2.05) is 57.2 Å². The van der Waals surface area contributed by atoms with Gasteiger partial charge in [0.2, 0.25) is 0 Å². The fourth-order valence-corrected chi connectivity index (χ4v) is 4.29. The number of aliphatic hydroxyl groups is 2. The maximum atomic E-state index is 11.0. The lowest BCUT2D eigenvalue weighted by atomic mass is 10.0. The number of ether oxygens (including phenoxy) is 6. The molecule has 0 aliphatic carbocycles. The predicted molar refractivity (Wildman–Crippen MR) is 142 cm³/mol. The lowest BCUT2D eigenvalue weighted by molar-refractivity contribution is -0.302. The SMILES string of the molecule is COc1ccc([C@@H]2OC(C)(C)OC[C@H]2Oc2ccc([C@@H](O)[C@H](CO)Oc3ccc(C)cc3)cc2OC)cc1. The van der Waals surface area contributed by atoms with Crippen molar-refractivity contribution in [2.24, 2.45) is 0 Å². The summed E-state index contributed by atoms with van der Waals surface area (Å²) in [6, 6.07) is 20.2. The van der Waals surface area contributed by atoms with E-state index in [0.29, 0.717) is 29.4 Å². The van der Waals surface area contributed by atoms with Gasteiger partial charge in [0, 0.05) is 0 Å². The average Bonchev–Trinajstić information content (AvgIpc) is 2.93. The first kappa shape index (κ1) is 27.7. The van der Waals surface area contributed by atoms with E-state index in [1.165, 1.54) is 7.11 Å². The Bertz CT molecular complexity index is 1180. The second-order valence-electron chi connectivity index (χ2n) is 9.69. The minimum absolute atomic E-state index is 0.300. The molecule has 1 aliphatic rings. The Balaban J connectivity index is 1.53. The second kappa shape index (κ2) is 12.0. The number of hydrogen-bond donors (Lipinski definition) is 2. The lowest BCUT2D eigenvalue weighted by Crippen LogP contribution is -2.46. The molecule has 1 heterocycles. The van der Waals surface area contributed by atoms with Gasteiger partial charge in [0.15, 0.2) is 29.5 Å². The second-order valence-corrected chi connectivity index (χ2v) is 9.69. The standard InChI is InChI=1S/C30H36O8/c1-19-6-11-23(12-7-19)36-26(17-31)28(32)21-10-15-24(25(16-21)34-5)37-27-18-35-30(2,3)38-29(27)20-8-13-22(33-4)14-9-20/h6-16,26-29,31-32H,17-18H2,1-5H3/t26-,27+,28+,29-/m0/s1. The van der Waals surface area contributed by atoms with Gasteiger partial charge >= 0.3 is 0 Å². The molecule has 3 aromatic carbocycles. The molecule has 3 aromatic rings. The Morgan fingerprint density at radius 1 is 0.921 bits per heavy atom. The van der Waals surface area contributed by atoms with Crippen molar-refractivity contribution in [3.8, 4) is 23.0 Å². The monoisotopic (exact) mass is 524 g/mol. The minimum atomic E-state index is -1.10. The predicted octanol–water partition coefficient (Wildman–Crippen LogP) is 4.76. The number of aliphatic hydroxyl groups excluding tert-OH is 2. The van der Waals surface area contributed by atoms with Gasteiger partial charge in [-0.25, -0.2) is 0 Å². The van der Waals surface area contributed by atoms with Crippen LogP contribution >= 0.6 is 0 Å². The molecule has 204 valence electrons. The number of hydrogen-bond acceptors (Lipinski definition) is 8. The molecule has 1 aliphatic heterocycles. The van der Waals surface area contributed by atoms with Gasteiger partial charge in [-0.05, 0) is 68.3 Å². The summed E-state index contributed by atoms with van der Waals surface area (Å²) in [5.41, 5.74) is 2.53. The molecule has 0 radical (unpaired) electrons. The summed E-state index contributed by atoms with van der Waals surface area (Å²) < 4.78 is 35.2. The van der Waals surface area contributed by atoms with Crippen LogP contribution in [0.1, 0.15) is 42.7 Å². The van der Waals surface area contributed by atoms with E-state index in [9.17, 15) is 10.2 Å². The van der Waals surface area contributed by atoms with Crippen LogP contribution in [-0.2, 0) is 9.47 Å². The van der Waals surface area contributed by atoms with Crippen molar-refractivity contribution in [3.63, 3.8) is 0 Å². The van der Waals surface area contributed by atoms with Gasteiger partial charge in [-0.3, -0.25) is 0 Å². The van der Waals surface area contributed by atoms with E-state index in [0.717, 1.165) is 16.9 Å². The molecule has 0 aromatic heterocycles. The smallest absolute Gasteiger partial charge is 0.163 e. The first-order chi connectivity index (χ1) is 18.2. The third kappa shape index (κ3) is 6.57. The van der Waals surface area contributed by atoms with E-state index >= 15 is 0 Å². The van der Waals surface area contributed by atoms with E-state index in [2.05, 4.69) is 0 Å². The fraction of sp³-hybridized carbons (Fsp3) is 0.400. The van der Waals surface area contributed by atoms with E-state index in [4.69, 9.17) is 28.4 Å². The molecule has 1 saturated heterocycles. The van der Waals surface area contributed by atoms with Crippen LogP contribution in [-0.4, -0.2) is 55.6 Å². The first-order valence-corrected chi connectivity index (χ1v) is 12.6. The number of benzene rings is 3. The molecular weight excluding hydrogens is 488 g/mol. The molecule has 0 spiro atoms. The normalized spacial score (nSPS) is 20.3. The van der Waals surface area contributed by atoms with Crippen molar-refractivity contribution in [2.45, 2.75) is 51.0 Å². The number of aryl methyl sites for hydroxylation is 1. The van der Waals surface area contributed by atoms with E-state index in [1.54, 1.807) is 37.4 Å². The van der Waals surface area contributed by atoms with Gasteiger partial charge < -0.3 is 38.6 Å². The topological polar surface area (TPSA) is 95.8 Å². The van der Waals surface area contributed by atoms with Crippen LogP contribution in [0.15, 0.2) is 66.7 Å². The van der Waals surface area contributed by atoms with Crippen LogP contribution in [0.3, 0.4) is 0 Å². The highest BCUT2D eigenvalue weighted by atomic mass is 16.7. The van der Waals surface area contributed by atoms with Gasteiger partial charge in [-0.1, -0.05) is 35.9 Å². The number of rotatable bonds is 10. The summed E-state index contributed by atoms with van der Waals surface area (Å²) in [7, 11) is 3.15. The van der Waals surface area contributed by atoms with Crippen molar-refractivity contribution in [2.75, 3.05) is 27.4 Å². The largest absolute Gasteiger partial charge is 0.497 e. The summed E-state index contributed by atoms with van der Waals surface area (Å²) in [6.45, 7) is 5.64. The zero-order chi connectivity index (χ0) is 27.3.